The third-order valence-corrected chi connectivity index (χ3v) is 2.80. The molecule has 84 valence electrons. The molecule has 0 aliphatic rings. The Kier molecular flexibility index (Phi) is 5.19. The molecule has 1 unspecified atom stereocenters. The predicted molar refractivity (Wildman–Crippen MR) is 65.3 cm³/mol. The average Bonchev–Trinajstić information content (AvgIpc) is 2.19. The number of nitrogens with zero attached hydrogens (tertiary/aromatic N) is 1. The van der Waals surface area contributed by atoms with Crippen LogP contribution in [0.4, 0.5) is 10.2 Å². The fraction of sp³-hybridized carbons (Fsp3) is 0.500. The van der Waals surface area contributed by atoms with Crippen LogP contribution in [0.3, 0.4) is 0 Å². The molecule has 1 aromatic heterocycles. The van der Waals surface area contributed by atoms with Gasteiger partial charge in [-0.05, 0) is 31.4 Å². The molecule has 0 bridgehead atoms. The second-order valence-electron chi connectivity index (χ2n) is 3.31. The zero-order valence-electron chi connectivity index (χ0n) is 8.76. The van der Waals surface area contributed by atoms with Gasteiger partial charge in [0.25, 0.3) is 0 Å². The van der Waals surface area contributed by atoms with Gasteiger partial charge in [0.05, 0.1) is 5.02 Å². The van der Waals surface area contributed by atoms with E-state index in [1.165, 1.54) is 12.3 Å². The summed E-state index contributed by atoms with van der Waals surface area (Å²) >= 11 is 7.38. The van der Waals surface area contributed by atoms with Crippen LogP contribution in [0, 0.1) is 5.82 Å². The third kappa shape index (κ3) is 4.26. The van der Waals surface area contributed by atoms with Crippen LogP contribution in [-0.2, 0) is 0 Å². The van der Waals surface area contributed by atoms with Crippen LogP contribution in [0.2, 0.25) is 5.02 Å². The highest BCUT2D eigenvalue weighted by molar-refractivity contribution is 7.98. The Balaban J connectivity index is 2.56. The van der Waals surface area contributed by atoms with Gasteiger partial charge in [0.15, 0.2) is 11.6 Å². The molecule has 0 fully saturated rings. The molecule has 1 rings (SSSR count). The van der Waals surface area contributed by atoms with Crippen molar-refractivity contribution >= 4 is 29.2 Å². The van der Waals surface area contributed by atoms with Crippen molar-refractivity contribution in [3.63, 3.8) is 0 Å². The van der Waals surface area contributed by atoms with E-state index in [1.54, 1.807) is 11.8 Å². The van der Waals surface area contributed by atoms with Crippen molar-refractivity contribution in [1.82, 2.24) is 4.98 Å². The van der Waals surface area contributed by atoms with E-state index in [0.717, 1.165) is 12.2 Å². The molecule has 1 aromatic rings. The second kappa shape index (κ2) is 6.18. The summed E-state index contributed by atoms with van der Waals surface area (Å²) in [6.45, 7) is 2.01. The highest BCUT2D eigenvalue weighted by atomic mass is 35.5. The number of hydrogen-bond acceptors (Lipinski definition) is 3. The molecule has 1 N–H and O–H groups in total. The van der Waals surface area contributed by atoms with E-state index in [1.807, 2.05) is 13.2 Å². The molecule has 0 radical (unpaired) electrons. The standard InChI is InChI=1S/C10H14ClFN2S/c1-7(3-4-15-2)14-10-9(12)5-8(11)6-13-10/h5-7H,3-4H2,1-2H3,(H,13,14). The first-order valence-corrected chi connectivity index (χ1v) is 6.47. The van der Waals surface area contributed by atoms with Gasteiger partial charge >= 0.3 is 0 Å². The quantitative estimate of drug-likeness (QED) is 0.864. The Morgan fingerprint density at radius 3 is 3.00 bits per heavy atom. The summed E-state index contributed by atoms with van der Waals surface area (Å²) in [5, 5.41) is 3.33. The monoisotopic (exact) mass is 248 g/mol. The van der Waals surface area contributed by atoms with Gasteiger partial charge in [0.2, 0.25) is 0 Å². The number of hydrogen-bond donors (Lipinski definition) is 1. The molecule has 0 saturated heterocycles. The van der Waals surface area contributed by atoms with E-state index in [4.69, 9.17) is 11.6 Å². The number of aromatic nitrogens is 1. The first-order valence-electron chi connectivity index (χ1n) is 4.70. The van der Waals surface area contributed by atoms with Crippen molar-refractivity contribution < 1.29 is 4.39 Å². The Bertz CT molecular complexity index is 322. The van der Waals surface area contributed by atoms with Crippen LogP contribution in [0.15, 0.2) is 12.3 Å². The zero-order chi connectivity index (χ0) is 11.3. The Hall–Kier alpha value is -0.480. The SMILES string of the molecule is CSCCC(C)Nc1ncc(Cl)cc1F. The smallest absolute Gasteiger partial charge is 0.166 e. The van der Waals surface area contributed by atoms with Crippen LogP contribution >= 0.6 is 23.4 Å². The van der Waals surface area contributed by atoms with E-state index < -0.39 is 5.82 Å². The fourth-order valence-corrected chi connectivity index (χ4v) is 1.85. The van der Waals surface area contributed by atoms with Gasteiger partial charge in [0, 0.05) is 12.2 Å². The van der Waals surface area contributed by atoms with Gasteiger partial charge in [-0.2, -0.15) is 11.8 Å². The number of nitrogens with one attached hydrogen (secondary N) is 1. The maximum absolute atomic E-state index is 13.3. The molecular weight excluding hydrogens is 235 g/mol. The van der Waals surface area contributed by atoms with Crippen LogP contribution in [0.5, 0.6) is 0 Å². The largest absolute Gasteiger partial charge is 0.365 e. The molecule has 0 aromatic carbocycles. The van der Waals surface area contributed by atoms with Gasteiger partial charge in [-0.3, -0.25) is 0 Å². The summed E-state index contributed by atoms with van der Waals surface area (Å²) in [5.41, 5.74) is 0. The summed E-state index contributed by atoms with van der Waals surface area (Å²) < 4.78 is 13.3. The molecular formula is C10H14ClFN2S. The number of rotatable bonds is 5. The molecule has 0 aliphatic heterocycles. The Labute approximate surface area is 98.6 Å². The van der Waals surface area contributed by atoms with Crippen molar-refractivity contribution in [3.05, 3.63) is 23.1 Å². The van der Waals surface area contributed by atoms with E-state index in [2.05, 4.69) is 10.3 Å². The van der Waals surface area contributed by atoms with Crippen molar-refractivity contribution in [2.45, 2.75) is 19.4 Å². The summed E-state index contributed by atoms with van der Waals surface area (Å²) in [6.07, 6.45) is 4.47. The topological polar surface area (TPSA) is 24.9 Å². The zero-order valence-corrected chi connectivity index (χ0v) is 10.3. The minimum atomic E-state index is -0.404. The molecule has 0 spiro atoms. The fourth-order valence-electron chi connectivity index (χ4n) is 1.12. The lowest BCUT2D eigenvalue weighted by Crippen LogP contribution is -2.17. The van der Waals surface area contributed by atoms with Crippen LogP contribution in [0.25, 0.3) is 0 Å². The van der Waals surface area contributed by atoms with Crippen molar-refractivity contribution in [1.29, 1.82) is 0 Å². The summed E-state index contributed by atoms with van der Waals surface area (Å²) in [7, 11) is 0. The Morgan fingerprint density at radius 2 is 2.40 bits per heavy atom. The van der Waals surface area contributed by atoms with Crippen LogP contribution < -0.4 is 5.32 Å². The molecule has 5 heteroatoms. The summed E-state index contributed by atoms with van der Waals surface area (Å²) in [6, 6.07) is 1.47. The highest BCUT2D eigenvalue weighted by Gasteiger charge is 2.07. The van der Waals surface area contributed by atoms with Gasteiger partial charge in [0.1, 0.15) is 0 Å². The number of pyridine rings is 1. The molecule has 1 atom stereocenters. The average molecular weight is 249 g/mol. The van der Waals surface area contributed by atoms with Crippen LogP contribution in [-0.4, -0.2) is 23.0 Å². The molecule has 1 heterocycles. The maximum Gasteiger partial charge on any atom is 0.166 e. The van der Waals surface area contributed by atoms with Crippen molar-refractivity contribution in [2.75, 3.05) is 17.3 Å². The summed E-state index contributed by atoms with van der Waals surface area (Å²) in [5.74, 6) is 0.912. The number of thioether (sulfide) groups is 1. The highest BCUT2D eigenvalue weighted by Crippen LogP contribution is 2.17. The summed E-state index contributed by atoms with van der Waals surface area (Å²) in [4.78, 5) is 3.90. The molecule has 0 saturated carbocycles. The predicted octanol–water partition coefficient (Wildman–Crippen LogP) is 3.43. The number of halogens is 2. The minimum Gasteiger partial charge on any atom is -0.365 e. The molecule has 15 heavy (non-hydrogen) atoms. The van der Waals surface area contributed by atoms with E-state index >= 15 is 0 Å². The van der Waals surface area contributed by atoms with E-state index in [9.17, 15) is 4.39 Å². The maximum atomic E-state index is 13.3. The third-order valence-electron chi connectivity index (χ3n) is 1.95. The normalized spacial score (nSPS) is 12.5. The minimum absolute atomic E-state index is 0.209. The van der Waals surface area contributed by atoms with Gasteiger partial charge < -0.3 is 5.32 Å². The van der Waals surface area contributed by atoms with E-state index in [-0.39, 0.29) is 11.9 Å². The molecule has 0 aliphatic carbocycles. The first-order chi connectivity index (χ1) is 7.13. The van der Waals surface area contributed by atoms with Crippen LogP contribution in [0.1, 0.15) is 13.3 Å². The molecule has 2 nitrogen and oxygen atoms in total. The molecule has 0 amide bonds. The number of anilines is 1. The van der Waals surface area contributed by atoms with Gasteiger partial charge in [-0.15, -0.1) is 0 Å². The van der Waals surface area contributed by atoms with Gasteiger partial charge in [-0.1, -0.05) is 11.6 Å². The van der Waals surface area contributed by atoms with Crippen molar-refractivity contribution in [2.24, 2.45) is 0 Å². The lowest BCUT2D eigenvalue weighted by Gasteiger charge is -2.14. The van der Waals surface area contributed by atoms with E-state index in [0.29, 0.717) is 5.02 Å². The lowest BCUT2D eigenvalue weighted by atomic mass is 10.2. The first kappa shape index (κ1) is 12.6. The van der Waals surface area contributed by atoms with Crippen molar-refractivity contribution in [3.8, 4) is 0 Å². The Morgan fingerprint density at radius 1 is 1.67 bits per heavy atom. The van der Waals surface area contributed by atoms with Gasteiger partial charge in [-0.25, -0.2) is 9.37 Å². The lowest BCUT2D eigenvalue weighted by molar-refractivity contribution is 0.618. The second-order valence-corrected chi connectivity index (χ2v) is 4.73.